The Hall–Kier alpha value is -1.43. The van der Waals surface area contributed by atoms with Gasteiger partial charge >= 0.3 is 5.97 Å². The van der Waals surface area contributed by atoms with Gasteiger partial charge in [-0.25, -0.2) is 0 Å². The zero-order valence-corrected chi connectivity index (χ0v) is 9.64. The molecule has 0 atom stereocenters. The van der Waals surface area contributed by atoms with E-state index < -0.39 is 5.97 Å². The number of hydrogen-bond acceptors (Lipinski definition) is 5. The van der Waals surface area contributed by atoms with Crippen molar-refractivity contribution in [1.29, 1.82) is 0 Å². The summed E-state index contributed by atoms with van der Waals surface area (Å²) in [6.07, 6.45) is 1.59. The van der Waals surface area contributed by atoms with Crippen LogP contribution in [0.25, 0.3) is 0 Å². The van der Waals surface area contributed by atoms with Crippen LogP contribution in [0.1, 0.15) is 32.0 Å². The van der Waals surface area contributed by atoms with Gasteiger partial charge in [0, 0.05) is 6.42 Å². The molecule has 0 radical (unpaired) electrons. The van der Waals surface area contributed by atoms with Crippen molar-refractivity contribution in [3.63, 3.8) is 0 Å². The van der Waals surface area contributed by atoms with Crippen LogP contribution >= 0.6 is 0 Å². The van der Waals surface area contributed by atoms with E-state index in [0.717, 1.165) is 6.42 Å². The van der Waals surface area contributed by atoms with E-state index in [1.807, 2.05) is 13.8 Å². The number of carbonyl (C=O) groups is 1. The number of carboxylic acid groups (broad SMARTS) is 1. The van der Waals surface area contributed by atoms with Gasteiger partial charge in [-0.1, -0.05) is 13.8 Å². The third kappa shape index (κ3) is 3.98. The zero-order chi connectivity index (χ0) is 12.0. The second-order valence-corrected chi connectivity index (χ2v) is 3.55. The molecule has 0 aliphatic heterocycles. The SMILES string of the molecule is CCCN(CC(=O)O)Cc1nnc(CC)o1. The molecule has 1 aromatic rings. The average Bonchev–Trinajstić information content (AvgIpc) is 2.65. The number of aryl methyl sites for hydroxylation is 1. The molecule has 6 nitrogen and oxygen atoms in total. The molecule has 1 aromatic heterocycles. The number of aromatic nitrogens is 2. The molecule has 1 N–H and O–H groups in total. The average molecular weight is 227 g/mol. The van der Waals surface area contributed by atoms with Gasteiger partial charge in [0.15, 0.2) is 0 Å². The van der Waals surface area contributed by atoms with Gasteiger partial charge in [0.25, 0.3) is 0 Å². The van der Waals surface area contributed by atoms with Gasteiger partial charge in [0.1, 0.15) is 0 Å². The van der Waals surface area contributed by atoms with Crippen LogP contribution < -0.4 is 0 Å². The Morgan fingerprint density at radius 3 is 2.56 bits per heavy atom. The molecule has 90 valence electrons. The van der Waals surface area contributed by atoms with E-state index in [1.54, 1.807) is 4.90 Å². The minimum Gasteiger partial charge on any atom is -0.480 e. The lowest BCUT2D eigenvalue weighted by atomic mass is 10.4. The monoisotopic (exact) mass is 227 g/mol. The summed E-state index contributed by atoms with van der Waals surface area (Å²) in [6.45, 7) is 5.03. The molecule has 0 saturated heterocycles. The van der Waals surface area contributed by atoms with Crippen molar-refractivity contribution < 1.29 is 14.3 Å². The summed E-state index contributed by atoms with van der Waals surface area (Å²) in [6, 6.07) is 0. The largest absolute Gasteiger partial charge is 0.480 e. The molecule has 0 fully saturated rings. The van der Waals surface area contributed by atoms with E-state index in [0.29, 0.717) is 31.3 Å². The molecule has 1 heterocycles. The summed E-state index contributed by atoms with van der Waals surface area (Å²) in [5, 5.41) is 16.4. The van der Waals surface area contributed by atoms with Crippen LogP contribution in [-0.4, -0.2) is 39.3 Å². The Bertz CT molecular complexity index is 338. The zero-order valence-electron chi connectivity index (χ0n) is 9.64. The molecule has 0 aromatic carbocycles. The maximum atomic E-state index is 10.6. The molecule has 0 spiro atoms. The molecule has 0 amide bonds. The number of rotatable bonds is 7. The number of carboxylic acids is 1. The van der Waals surface area contributed by atoms with E-state index in [2.05, 4.69) is 10.2 Å². The topological polar surface area (TPSA) is 79.5 Å². The minimum atomic E-state index is -0.844. The lowest BCUT2D eigenvalue weighted by Crippen LogP contribution is -2.30. The number of nitrogens with zero attached hydrogens (tertiary/aromatic N) is 3. The van der Waals surface area contributed by atoms with Crippen molar-refractivity contribution >= 4 is 5.97 Å². The molecular weight excluding hydrogens is 210 g/mol. The Morgan fingerprint density at radius 2 is 2.06 bits per heavy atom. The predicted molar refractivity (Wildman–Crippen MR) is 56.9 cm³/mol. The second-order valence-electron chi connectivity index (χ2n) is 3.55. The van der Waals surface area contributed by atoms with Crippen molar-refractivity contribution in [2.24, 2.45) is 0 Å². The van der Waals surface area contributed by atoms with E-state index in [1.165, 1.54) is 0 Å². The highest BCUT2D eigenvalue weighted by Gasteiger charge is 2.13. The van der Waals surface area contributed by atoms with Crippen LogP contribution in [0.4, 0.5) is 0 Å². The third-order valence-electron chi connectivity index (χ3n) is 2.07. The Kier molecular flexibility index (Phi) is 4.91. The fraction of sp³-hybridized carbons (Fsp3) is 0.700. The van der Waals surface area contributed by atoms with E-state index in [4.69, 9.17) is 9.52 Å². The summed E-state index contributed by atoms with van der Waals surface area (Å²) in [7, 11) is 0. The fourth-order valence-electron chi connectivity index (χ4n) is 1.41. The first kappa shape index (κ1) is 12.6. The van der Waals surface area contributed by atoms with Crippen molar-refractivity contribution in [3.05, 3.63) is 11.8 Å². The maximum Gasteiger partial charge on any atom is 0.317 e. The molecule has 1 rings (SSSR count). The van der Waals surface area contributed by atoms with Crippen LogP contribution in [0.3, 0.4) is 0 Å². The first-order valence-corrected chi connectivity index (χ1v) is 5.41. The molecule has 0 aliphatic carbocycles. The van der Waals surface area contributed by atoms with Gasteiger partial charge in [-0.3, -0.25) is 9.69 Å². The molecule has 0 saturated carbocycles. The number of hydrogen-bond donors (Lipinski definition) is 1. The van der Waals surface area contributed by atoms with Crippen molar-refractivity contribution in [3.8, 4) is 0 Å². The molecule has 6 heteroatoms. The molecule has 16 heavy (non-hydrogen) atoms. The lowest BCUT2D eigenvalue weighted by molar-refractivity contribution is -0.138. The standard InChI is InChI=1S/C10H17N3O3/c1-3-5-13(7-10(14)15)6-9-12-11-8(4-2)16-9/h3-7H2,1-2H3,(H,14,15). The van der Waals surface area contributed by atoms with Crippen LogP contribution in [-0.2, 0) is 17.8 Å². The summed E-state index contributed by atoms with van der Waals surface area (Å²) in [5.41, 5.74) is 0. The van der Waals surface area contributed by atoms with Gasteiger partial charge in [-0.2, -0.15) is 0 Å². The van der Waals surface area contributed by atoms with Crippen LogP contribution in [0.5, 0.6) is 0 Å². The first-order chi connectivity index (χ1) is 7.65. The predicted octanol–water partition coefficient (Wildman–Crippen LogP) is 0.929. The summed E-state index contributed by atoms with van der Waals surface area (Å²) in [5.74, 6) is 0.219. The van der Waals surface area contributed by atoms with Gasteiger partial charge in [-0.05, 0) is 13.0 Å². The Balaban J connectivity index is 2.56. The van der Waals surface area contributed by atoms with Crippen molar-refractivity contribution in [1.82, 2.24) is 15.1 Å². The van der Waals surface area contributed by atoms with E-state index >= 15 is 0 Å². The summed E-state index contributed by atoms with van der Waals surface area (Å²) >= 11 is 0. The molecule has 0 aliphatic rings. The first-order valence-electron chi connectivity index (χ1n) is 5.41. The maximum absolute atomic E-state index is 10.6. The highest BCUT2D eigenvalue weighted by molar-refractivity contribution is 5.69. The molecule has 0 unspecified atom stereocenters. The third-order valence-corrected chi connectivity index (χ3v) is 2.07. The minimum absolute atomic E-state index is 0.00230. The van der Waals surface area contributed by atoms with E-state index in [9.17, 15) is 4.79 Å². The Morgan fingerprint density at radius 1 is 1.38 bits per heavy atom. The van der Waals surface area contributed by atoms with Gasteiger partial charge in [0.2, 0.25) is 11.8 Å². The molecule has 0 bridgehead atoms. The second kappa shape index (κ2) is 6.22. The summed E-state index contributed by atoms with van der Waals surface area (Å²) in [4.78, 5) is 12.4. The van der Waals surface area contributed by atoms with E-state index in [-0.39, 0.29) is 6.54 Å². The van der Waals surface area contributed by atoms with Crippen molar-refractivity contribution in [2.45, 2.75) is 33.2 Å². The number of aliphatic carboxylic acids is 1. The van der Waals surface area contributed by atoms with Gasteiger partial charge in [0.05, 0.1) is 13.1 Å². The normalized spacial score (nSPS) is 10.9. The van der Waals surface area contributed by atoms with Crippen molar-refractivity contribution in [2.75, 3.05) is 13.1 Å². The fourth-order valence-corrected chi connectivity index (χ4v) is 1.41. The quantitative estimate of drug-likeness (QED) is 0.746. The highest BCUT2D eigenvalue weighted by Crippen LogP contribution is 2.05. The smallest absolute Gasteiger partial charge is 0.317 e. The highest BCUT2D eigenvalue weighted by atomic mass is 16.4. The van der Waals surface area contributed by atoms with Crippen LogP contribution in [0, 0.1) is 0 Å². The van der Waals surface area contributed by atoms with Gasteiger partial charge < -0.3 is 9.52 Å². The lowest BCUT2D eigenvalue weighted by Gasteiger charge is -2.16. The van der Waals surface area contributed by atoms with Crippen LogP contribution in [0.2, 0.25) is 0 Å². The van der Waals surface area contributed by atoms with Gasteiger partial charge in [-0.15, -0.1) is 10.2 Å². The van der Waals surface area contributed by atoms with Crippen LogP contribution in [0.15, 0.2) is 4.42 Å². The Labute approximate surface area is 94.3 Å². The summed E-state index contributed by atoms with van der Waals surface area (Å²) < 4.78 is 5.33. The molecular formula is C10H17N3O3.